The average Bonchev–Trinajstić information content (AvgIpc) is 3.14. The number of hydrogen-bond donors (Lipinski definition) is 2. The average molecular weight is 472 g/mol. The number of carbonyl (C=O) groups is 1. The molecule has 3 aromatic carbocycles. The van der Waals surface area contributed by atoms with Crippen molar-refractivity contribution in [3.8, 4) is 5.69 Å². The van der Waals surface area contributed by atoms with Gasteiger partial charge in [-0.25, -0.2) is 4.98 Å². The Morgan fingerprint density at radius 3 is 2.42 bits per heavy atom. The highest BCUT2D eigenvalue weighted by molar-refractivity contribution is 7.98. The van der Waals surface area contributed by atoms with E-state index in [1.807, 2.05) is 59.2 Å². The molecule has 4 rings (SSSR count). The molecular formula is C23H19Cl2N3O2S. The van der Waals surface area contributed by atoms with E-state index in [1.165, 1.54) is 0 Å². The number of aliphatic hydroxyl groups excluding tert-OH is 1. The second kappa shape index (κ2) is 9.75. The molecule has 0 spiro atoms. The number of thioether (sulfide) groups is 1. The van der Waals surface area contributed by atoms with Gasteiger partial charge in [0.15, 0.2) is 5.16 Å². The first-order valence-corrected chi connectivity index (χ1v) is 11.3. The van der Waals surface area contributed by atoms with Crippen LogP contribution in [0.15, 0.2) is 71.9 Å². The van der Waals surface area contributed by atoms with Crippen LogP contribution in [0.4, 0.5) is 0 Å². The highest BCUT2D eigenvalue weighted by Gasteiger charge is 2.15. The highest BCUT2D eigenvalue weighted by atomic mass is 35.5. The Morgan fingerprint density at radius 2 is 1.71 bits per heavy atom. The SMILES string of the molecule is O=C(NCCO)c1ccc(-n2c(SCc3ccc(Cl)cc3)nc3ccc(Cl)cc32)cc1. The van der Waals surface area contributed by atoms with Crippen molar-refractivity contribution in [1.82, 2.24) is 14.9 Å². The van der Waals surface area contributed by atoms with Crippen molar-refractivity contribution >= 4 is 51.9 Å². The number of amides is 1. The molecule has 158 valence electrons. The van der Waals surface area contributed by atoms with Gasteiger partial charge in [-0.1, -0.05) is 47.1 Å². The molecule has 0 aliphatic heterocycles. The first-order valence-electron chi connectivity index (χ1n) is 9.60. The summed E-state index contributed by atoms with van der Waals surface area (Å²) in [6.07, 6.45) is 0. The molecule has 5 nitrogen and oxygen atoms in total. The lowest BCUT2D eigenvalue weighted by Crippen LogP contribution is -2.26. The third kappa shape index (κ3) is 5.05. The fraction of sp³-hybridized carbons (Fsp3) is 0.130. The van der Waals surface area contributed by atoms with Crippen LogP contribution in [0.3, 0.4) is 0 Å². The standard InChI is InChI=1S/C23H19Cl2N3O2S/c24-17-5-1-15(2-6-17)14-31-23-27-20-10-7-18(25)13-21(20)28(23)19-8-3-16(4-9-19)22(30)26-11-12-29/h1-10,13,29H,11-12,14H2,(H,26,30). The van der Waals surface area contributed by atoms with Gasteiger partial charge in [-0.2, -0.15) is 0 Å². The minimum atomic E-state index is -0.225. The number of aliphatic hydroxyl groups is 1. The zero-order chi connectivity index (χ0) is 21.8. The van der Waals surface area contributed by atoms with Crippen LogP contribution in [0.1, 0.15) is 15.9 Å². The second-order valence-corrected chi connectivity index (χ2v) is 8.62. The van der Waals surface area contributed by atoms with Crippen LogP contribution in [-0.4, -0.2) is 33.7 Å². The van der Waals surface area contributed by atoms with Crippen molar-refractivity contribution < 1.29 is 9.90 Å². The van der Waals surface area contributed by atoms with Gasteiger partial charge < -0.3 is 10.4 Å². The molecule has 0 unspecified atom stereocenters. The van der Waals surface area contributed by atoms with Crippen molar-refractivity contribution in [1.29, 1.82) is 0 Å². The predicted octanol–water partition coefficient (Wildman–Crippen LogP) is 5.35. The maximum Gasteiger partial charge on any atom is 0.251 e. The number of fused-ring (bicyclic) bond motifs is 1. The summed E-state index contributed by atoms with van der Waals surface area (Å²) < 4.78 is 2.04. The highest BCUT2D eigenvalue weighted by Crippen LogP contribution is 2.31. The van der Waals surface area contributed by atoms with Gasteiger partial charge in [0.1, 0.15) is 0 Å². The van der Waals surface area contributed by atoms with Crippen molar-refractivity contribution in [2.45, 2.75) is 10.9 Å². The quantitative estimate of drug-likeness (QED) is 0.356. The van der Waals surface area contributed by atoms with Gasteiger partial charge in [0.05, 0.1) is 17.6 Å². The van der Waals surface area contributed by atoms with Gasteiger partial charge >= 0.3 is 0 Å². The second-order valence-electron chi connectivity index (χ2n) is 6.80. The van der Waals surface area contributed by atoms with E-state index in [2.05, 4.69) is 5.32 Å². The number of halogens is 2. The lowest BCUT2D eigenvalue weighted by atomic mass is 10.2. The Morgan fingerprint density at radius 1 is 1.00 bits per heavy atom. The number of aromatic nitrogens is 2. The molecular weight excluding hydrogens is 453 g/mol. The number of rotatable bonds is 7. The van der Waals surface area contributed by atoms with Gasteiger partial charge in [0.2, 0.25) is 0 Å². The lowest BCUT2D eigenvalue weighted by molar-refractivity contribution is 0.0945. The number of nitrogens with one attached hydrogen (secondary N) is 1. The van der Waals surface area contributed by atoms with E-state index in [0.29, 0.717) is 15.6 Å². The molecule has 4 aromatic rings. The number of imidazole rings is 1. The van der Waals surface area contributed by atoms with Crippen molar-refractivity contribution in [3.63, 3.8) is 0 Å². The van der Waals surface area contributed by atoms with E-state index in [-0.39, 0.29) is 19.1 Å². The number of nitrogens with zero attached hydrogens (tertiary/aromatic N) is 2. The van der Waals surface area contributed by atoms with Crippen LogP contribution in [0.25, 0.3) is 16.7 Å². The molecule has 0 aliphatic carbocycles. The fourth-order valence-electron chi connectivity index (χ4n) is 3.13. The van der Waals surface area contributed by atoms with E-state index >= 15 is 0 Å². The van der Waals surface area contributed by atoms with E-state index in [9.17, 15) is 4.79 Å². The summed E-state index contributed by atoms with van der Waals surface area (Å²) in [6, 6.07) is 20.6. The summed E-state index contributed by atoms with van der Waals surface area (Å²) in [5.74, 6) is 0.507. The van der Waals surface area contributed by atoms with Gasteiger partial charge in [0, 0.05) is 33.6 Å². The molecule has 1 aromatic heterocycles. The summed E-state index contributed by atoms with van der Waals surface area (Å²) in [7, 11) is 0. The van der Waals surface area contributed by atoms with Crippen molar-refractivity contribution in [2.75, 3.05) is 13.2 Å². The molecule has 0 bridgehead atoms. The Bertz CT molecular complexity index is 1210. The molecule has 2 N–H and O–H groups in total. The summed E-state index contributed by atoms with van der Waals surface area (Å²) in [5.41, 5.74) is 4.27. The first-order chi connectivity index (χ1) is 15.0. The maximum absolute atomic E-state index is 12.1. The number of carbonyl (C=O) groups excluding carboxylic acids is 1. The third-order valence-electron chi connectivity index (χ3n) is 4.65. The Labute approximate surface area is 194 Å². The molecule has 0 saturated heterocycles. The van der Waals surface area contributed by atoms with Crippen LogP contribution in [0, 0.1) is 0 Å². The van der Waals surface area contributed by atoms with Crippen molar-refractivity contribution in [3.05, 3.63) is 87.9 Å². The van der Waals surface area contributed by atoms with Gasteiger partial charge in [-0.05, 0) is 60.2 Å². The normalized spacial score (nSPS) is 11.1. The molecule has 31 heavy (non-hydrogen) atoms. The molecule has 0 saturated carbocycles. The molecule has 0 fully saturated rings. The number of benzene rings is 3. The first kappa shape index (κ1) is 21.7. The minimum absolute atomic E-state index is 0.0974. The Hall–Kier alpha value is -2.51. The predicted molar refractivity (Wildman–Crippen MR) is 127 cm³/mol. The molecule has 1 amide bonds. The van der Waals surface area contributed by atoms with Gasteiger partial charge in [-0.15, -0.1) is 0 Å². The largest absolute Gasteiger partial charge is 0.395 e. The molecule has 0 atom stereocenters. The van der Waals surface area contributed by atoms with E-state index in [0.717, 1.165) is 33.2 Å². The molecule has 8 heteroatoms. The van der Waals surface area contributed by atoms with E-state index in [1.54, 1.807) is 23.9 Å². The Kier molecular flexibility index (Phi) is 6.83. The molecule has 1 heterocycles. The van der Waals surface area contributed by atoms with Crippen LogP contribution < -0.4 is 5.32 Å². The smallest absolute Gasteiger partial charge is 0.251 e. The maximum atomic E-state index is 12.1. The summed E-state index contributed by atoms with van der Waals surface area (Å²) in [6.45, 7) is 0.122. The molecule has 0 aliphatic rings. The summed E-state index contributed by atoms with van der Waals surface area (Å²) >= 11 is 13.9. The zero-order valence-electron chi connectivity index (χ0n) is 16.4. The Balaban J connectivity index is 1.68. The van der Waals surface area contributed by atoms with Gasteiger partial charge in [0.25, 0.3) is 5.91 Å². The number of hydrogen-bond acceptors (Lipinski definition) is 4. The monoisotopic (exact) mass is 471 g/mol. The van der Waals surface area contributed by atoms with E-state index in [4.69, 9.17) is 33.3 Å². The molecule has 0 radical (unpaired) electrons. The lowest BCUT2D eigenvalue weighted by Gasteiger charge is -2.10. The minimum Gasteiger partial charge on any atom is -0.395 e. The van der Waals surface area contributed by atoms with E-state index < -0.39 is 0 Å². The summed E-state index contributed by atoms with van der Waals surface area (Å²) in [5, 5.41) is 13.7. The zero-order valence-corrected chi connectivity index (χ0v) is 18.7. The van der Waals surface area contributed by atoms with Crippen LogP contribution in [0.5, 0.6) is 0 Å². The third-order valence-corrected chi connectivity index (χ3v) is 6.15. The van der Waals surface area contributed by atoms with Crippen LogP contribution in [0.2, 0.25) is 10.0 Å². The topological polar surface area (TPSA) is 67.2 Å². The van der Waals surface area contributed by atoms with Crippen LogP contribution in [-0.2, 0) is 5.75 Å². The fourth-order valence-corrected chi connectivity index (χ4v) is 4.41. The van der Waals surface area contributed by atoms with Crippen LogP contribution >= 0.6 is 35.0 Å². The summed E-state index contributed by atoms with van der Waals surface area (Å²) in [4.78, 5) is 16.9. The van der Waals surface area contributed by atoms with Gasteiger partial charge in [-0.3, -0.25) is 9.36 Å². The van der Waals surface area contributed by atoms with Crippen molar-refractivity contribution in [2.24, 2.45) is 0 Å².